The molecule has 31 heavy (non-hydrogen) atoms. The molecule has 162 valence electrons. The van der Waals surface area contributed by atoms with Crippen LogP contribution in [0.25, 0.3) is 0 Å². The van der Waals surface area contributed by atoms with Gasteiger partial charge in [-0.2, -0.15) is 4.98 Å². The number of ether oxygens (including phenoxy) is 2. The molecule has 9 heteroatoms. The Morgan fingerprint density at radius 3 is 2.84 bits per heavy atom. The van der Waals surface area contributed by atoms with Gasteiger partial charge < -0.3 is 19.7 Å². The van der Waals surface area contributed by atoms with Crippen molar-refractivity contribution >= 4 is 23.9 Å². The summed E-state index contributed by atoms with van der Waals surface area (Å²) in [5.74, 6) is 0.929. The summed E-state index contributed by atoms with van der Waals surface area (Å²) in [5.41, 5.74) is 2.06. The number of hydrogen-bond donors (Lipinski definition) is 1. The van der Waals surface area contributed by atoms with E-state index in [1.54, 1.807) is 12.1 Å². The lowest BCUT2D eigenvalue weighted by Gasteiger charge is -2.27. The average molecular weight is 422 g/mol. The minimum absolute atomic E-state index is 0.227. The predicted molar refractivity (Wildman–Crippen MR) is 118 cm³/mol. The molecule has 0 bridgehead atoms. The first-order chi connectivity index (χ1) is 15.2. The van der Waals surface area contributed by atoms with Crippen LogP contribution in [0.4, 0.5) is 11.8 Å². The number of morpholine rings is 1. The van der Waals surface area contributed by atoms with Crippen LogP contribution >= 0.6 is 0 Å². The summed E-state index contributed by atoms with van der Waals surface area (Å²) in [4.78, 5) is 32.6. The van der Waals surface area contributed by atoms with E-state index < -0.39 is 0 Å². The molecular weight excluding hydrogens is 396 g/mol. The zero-order valence-corrected chi connectivity index (χ0v) is 17.6. The van der Waals surface area contributed by atoms with Crippen molar-refractivity contribution in [3.8, 4) is 5.88 Å². The maximum Gasteiger partial charge on any atom is 0.275 e. The van der Waals surface area contributed by atoms with Crippen LogP contribution in [0.15, 0.2) is 41.0 Å². The molecule has 1 amide bonds. The van der Waals surface area contributed by atoms with Crippen LogP contribution in [0.2, 0.25) is 0 Å². The van der Waals surface area contributed by atoms with E-state index in [0.29, 0.717) is 57.0 Å². The first-order valence-corrected chi connectivity index (χ1v) is 10.5. The highest BCUT2D eigenvalue weighted by molar-refractivity contribution is 6.02. The second kappa shape index (κ2) is 10.1. The fraction of sp³-hybridized carbons (Fsp3) is 0.409. The lowest BCUT2D eigenvalue weighted by atomic mass is 10.2. The lowest BCUT2D eigenvalue weighted by Crippen LogP contribution is -2.37. The number of pyridine rings is 1. The largest absolute Gasteiger partial charge is 0.477 e. The molecule has 0 aliphatic carbocycles. The monoisotopic (exact) mass is 422 g/mol. The van der Waals surface area contributed by atoms with Crippen LogP contribution in [0, 0.1) is 6.92 Å². The molecule has 0 saturated carbocycles. The molecular formula is C22H26N6O3. The Balaban J connectivity index is 1.51. The van der Waals surface area contributed by atoms with Crippen LogP contribution in [0.1, 0.15) is 35.4 Å². The predicted octanol–water partition coefficient (Wildman–Crippen LogP) is 2.79. The molecule has 1 fully saturated rings. The number of carbonyl (C=O) groups excluding carboxylic acids is 1. The van der Waals surface area contributed by atoms with Crippen molar-refractivity contribution in [1.29, 1.82) is 0 Å². The Hall–Kier alpha value is -3.33. The van der Waals surface area contributed by atoms with E-state index in [-0.39, 0.29) is 11.6 Å². The van der Waals surface area contributed by atoms with Crippen molar-refractivity contribution in [2.45, 2.75) is 26.2 Å². The van der Waals surface area contributed by atoms with Crippen LogP contribution in [-0.2, 0) is 4.74 Å². The van der Waals surface area contributed by atoms with E-state index >= 15 is 0 Å². The highest BCUT2D eigenvalue weighted by atomic mass is 16.5. The van der Waals surface area contributed by atoms with Crippen molar-refractivity contribution < 1.29 is 14.3 Å². The number of amides is 1. The summed E-state index contributed by atoms with van der Waals surface area (Å²) >= 11 is 0. The van der Waals surface area contributed by atoms with E-state index in [2.05, 4.69) is 31.3 Å². The third kappa shape index (κ3) is 5.85. The minimum Gasteiger partial charge on any atom is -0.477 e. The Bertz CT molecular complexity index is 985. The minimum atomic E-state index is -0.362. The summed E-state index contributed by atoms with van der Waals surface area (Å²) < 4.78 is 11.3. The van der Waals surface area contributed by atoms with E-state index in [0.717, 1.165) is 24.2 Å². The molecule has 0 aromatic carbocycles. The van der Waals surface area contributed by atoms with Gasteiger partial charge in [-0.25, -0.2) is 9.97 Å². The van der Waals surface area contributed by atoms with Crippen molar-refractivity contribution in [1.82, 2.24) is 15.0 Å². The van der Waals surface area contributed by atoms with Crippen LogP contribution in [-0.4, -0.2) is 60.0 Å². The SMILES string of the molecule is Cc1cccc(NC(=O)c2cc(OCCC3=CCCC=N3)nc(N3CCOCC3)n2)n1. The van der Waals surface area contributed by atoms with Gasteiger partial charge in [-0.15, -0.1) is 0 Å². The van der Waals surface area contributed by atoms with Crippen molar-refractivity contribution in [2.24, 2.45) is 4.99 Å². The molecule has 1 N–H and O–H groups in total. The molecule has 0 spiro atoms. The molecule has 0 radical (unpaired) electrons. The number of anilines is 2. The number of allylic oxidation sites excluding steroid dienone is 1. The zero-order valence-electron chi connectivity index (χ0n) is 17.6. The average Bonchev–Trinajstić information content (AvgIpc) is 2.80. The van der Waals surface area contributed by atoms with E-state index in [1.807, 2.05) is 30.2 Å². The van der Waals surface area contributed by atoms with Gasteiger partial charge in [0.25, 0.3) is 5.91 Å². The van der Waals surface area contributed by atoms with Gasteiger partial charge in [-0.05, 0) is 31.9 Å². The normalized spacial score (nSPS) is 16.0. The van der Waals surface area contributed by atoms with Crippen molar-refractivity contribution in [3.63, 3.8) is 0 Å². The van der Waals surface area contributed by atoms with Gasteiger partial charge in [0, 0.05) is 43.2 Å². The van der Waals surface area contributed by atoms with E-state index in [9.17, 15) is 4.79 Å². The van der Waals surface area contributed by atoms with Gasteiger partial charge in [0.1, 0.15) is 11.5 Å². The van der Waals surface area contributed by atoms with Crippen molar-refractivity contribution in [3.05, 3.63) is 47.4 Å². The first kappa shape index (κ1) is 20.9. The summed E-state index contributed by atoms with van der Waals surface area (Å²) in [6, 6.07) is 7.01. The second-order valence-corrected chi connectivity index (χ2v) is 7.29. The van der Waals surface area contributed by atoms with Crippen LogP contribution < -0.4 is 15.0 Å². The Morgan fingerprint density at radius 1 is 1.19 bits per heavy atom. The van der Waals surface area contributed by atoms with Gasteiger partial charge in [-0.1, -0.05) is 12.1 Å². The summed E-state index contributed by atoms with van der Waals surface area (Å²) in [6.45, 7) is 4.79. The Morgan fingerprint density at radius 2 is 2.06 bits per heavy atom. The van der Waals surface area contributed by atoms with Gasteiger partial charge in [-0.3, -0.25) is 9.79 Å². The molecule has 0 atom stereocenters. The van der Waals surface area contributed by atoms with Crippen LogP contribution in [0.3, 0.4) is 0 Å². The highest BCUT2D eigenvalue weighted by Crippen LogP contribution is 2.19. The molecule has 2 aliphatic heterocycles. The lowest BCUT2D eigenvalue weighted by molar-refractivity contribution is 0.102. The molecule has 4 heterocycles. The topological polar surface area (TPSA) is 102 Å². The number of rotatable bonds is 7. The fourth-order valence-corrected chi connectivity index (χ4v) is 3.29. The summed E-state index contributed by atoms with van der Waals surface area (Å²) in [5, 5.41) is 2.80. The third-order valence-electron chi connectivity index (χ3n) is 4.89. The molecule has 2 aromatic rings. The standard InChI is InChI=1S/C22H26N6O3/c1-16-5-4-7-19(24-16)26-21(29)18-15-20(31-12-8-17-6-2-3-9-23-17)27-22(25-18)28-10-13-30-14-11-28/h4-7,9,15H,2-3,8,10-14H2,1H3,(H,24,26,29). The highest BCUT2D eigenvalue weighted by Gasteiger charge is 2.19. The number of nitrogens with one attached hydrogen (secondary N) is 1. The number of aryl methyl sites for hydroxylation is 1. The van der Waals surface area contributed by atoms with E-state index in [4.69, 9.17) is 9.47 Å². The van der Waals surface area contributed by atoms with E-state index in [1.165, 1.54) is 0 Å². The third-order valence-corrected chi connectivity index (χ3v) is 4.89. The number of aliphatic imine (C=N–C) groups is 1. The molecule has 1 saturated heterocycles. The van der Waals surface area contributed by atoms with Crippen LogP contribution in [0.5, 0.6) is 5.88 Å². The van der Waals surface area contributed by atoms with Gasteiger partial charge in [0.2, 0.25) is 11.8 Å². The summed E-state index contributed by atoms with van der Waals surface area (Å²) in [7, 11) is 0. The van der Waals surface area contributed by atoms with Gasteiger partial charge in [0.15, 0.2) is 0 Å². The first-order valence-electron chi connectivity index (χ1n) is 10.5. The Labute approximate surface area is 181 Å². The fourth-order valence-electron chi connectivity index (χ4n) is 3.29. The number of hydrogen-bond acceptors (Lipinski definition) is 8. The zero-order chi connectivity index (χ0) is 21.5. The number of aromatic nitrogens is 3. The second-order valence-electron chi connectivity index (χ2n) is 7.29. The quantitative estimate of drug-likeness (QED) is 0.732. The maximum absolute atomic E-state index is 12.9. The smallest absolute Gasteiger partial charge is 0.275 e. The molecule has 2 aromatic heterocycles. The molecule has 0 unspecified atom stereocenters. The number of carbonyl (C=O) groups is 1. The maximum atomic E-state index is 12.9. The Kier molecular flexibility index (Phi) is 6.83. The van der Waals surface area contributed by atoms with Gasteiger partial charge >= 0.3 is 0 Å². The molecule has 2 aliphatic rings. The van der Waals surface area contributed by atoms with Gasteiger partial charge in [0.05, 0.1) is 19.8 Å². The summed E-state index contributed by atoms with van der Waals surface area (Å²) in [6.07, 6.45) is 6.72. The molecule has 4 rings (SSSR count). The number of nitrogens with zero attached hydrogens (tertiary/aromatic N) is 5. The molecule has 9 nitrogen and oxygen atoms in total. The van der Waals surface area contributed by atoms with Crippen molar-refractivity contribution in [2.75, 3.05) is 43.1 Å².